The van der Waals surface area contributed by atoms with Gasteiger partial charge in [0.1, 0.15) is 5.82 Å². The molecule has 1 aromatic heterocycles. The van der Waals surface area contributed by atoms with Gasteiger partial charge in [-0.25, -0.2) is 4.98 Å². The average Bonchev–Trinajstić information content (AvgIpc) is 2.94. The van der Waals surface area contributed by atoms with Gasteiger partial charge in [-0.15, -0.1) is 0 Å². The van der Waals surface area contributed by atoms with Crippen molar-refractivity contribution in [2.45, 2.75) is 33.2 Å². The van der Waals surface area contributed by atoms with Gasteiger partial charge in [0.25, 0.3) is 0 Å². The molecule has 4 nitrogen and oxygen atoms in total. The number of ether oxygens (including phenoxy) is 1. The highest BCUT2D eigenvalue weighted by Crippen LogP contribution is 2.24. The summed E-state index contributed by atoms with van der Waals surface area (Å²) in [6.45, 7) is 9.24. The Labute approximate surface area is 122 Å². The highest BCUT2D eigenvalue weighted by atomic mass is 16.5. The smallest absolute Gasteiger partial charge is 0.129 e. The number of aryl methyl sites for hydroxylation is 1. The third-order valence-electron chi connectivity index (χ3n) is 3.88. The number of hydrogen-bond acceptors (Lipinski definition) is 4. The first-order valence-electron chi connectivity index (χ1n) is 7.71. The maximum atomic E-state index is 5.27. The van der Waals surface area contributed by atoms with Crippen LogP contribution in [0.25, 0.3) is 0 Å². The normalized spacial score (nSPS) is 18.8. The van der Waals surface area contributed by atoms with Gasteiger partial charge >= 0.3 is 0 Å². The Hall–Kier alpha value is -1.13. The first kappa shape index (κ1) is 15.3. The molecule has 0 radical (unpaired) electrons. The van der Waals surface area contributed by atoms with E-state index in [0.717, 1.165) is 45.0 Å². The third-order valence-corrected chi connectivity index (χ3v) is 3.88. The van der Waals surface area contributed by atoms with E-state index in [1.807, 2.05) is 0 Å². The van der Waals surface area contributed by atoms with Gasteiger partial charge in [-0.3, -0.25) is 0 Å². The summed E-state index contributed by atoms with van der Waals surface area (Å²) in [7, 11) is 1.78. The Morgan fingerprint density at radius 1 is 1.40 bits per heavy atom. The molecule has 1 N–H and O–H groups in total. The summed E-state index contributed by atoms with van der Waals surface area (Å²) in [5, 5.41) is 3.40. The summed E-state index contributed by atoms with van der Waals surface area (Å²) < 4.78 is 5.27. The first-order chi connectivity index (χ1) is 9.76. The Balaban J connectivity index is 2.10. The molecular formula is C16H27N3O. The van der Waals surface area contributed by atoms with Crippen LogP contribution >= 0.6 is 0 Å². The molecule has 20 heavy (non-hydrogen) atoms. The van der Waals surface area contributed by atoms with E-state index in [0.29, 0.717) is 5.92 Å². The van der Waals surface area contributed by atoms with Crippen molar-refractivity contribution in [3.63, 3.8) is 0 Å². The van der Waals surface area contributed by atoms with Crippen molar-refractivity contribution in [3.05, 3.63) is 23.4 Å². The summed E-state index contributed by atoms with van der Waals surface area (Å²) >= 11 is 0. The molecular weight excluding hydrogens is 250 g/mol. The van der Waals surface area contributed by atoms with Crippen LogP contribution in [-0.4, -0.2) is 38.3 Å². The number of nitrogens with one attached hydrogen (secondary N) is 1. The second kappa shape index (κ2) is 7.60. The first-order valence-corrected chi connectivity index (χ1v) is 7.71. The Kier molecular flexibility index (Phi) is 5.80. The zero-order valence-corrected chi connectivity index (χ0v) is 13.0. The van der Waals surface area contributed by atoms with Crippen LogP contribution in [0.2, 0.25) is 0 Å². The number of methoxy groups -OCH3 is 1. The molecule has 112 valence electrons. The molecule has 2 rings (SSSR count). The molecule has 0 amide bonds. The van der Waals surface area contributed by atoms with Gasteiger partial charge < -0.3 is 15.0 Å². The topological polar surface area (TPSA) is 37.4 Å². The summed E-state index contributed by atoms with van der Waals surface area (Å²) in [5.41, 5.74) is 2.52. The molecule has 0 aromatic carbocycles. The van der Waals surface area contributed by atoms with E-state index in [-0.39, 0.29) is 0 Å². The Bertz CT molecular complexity index is 422. The number of pyridine rings is 1. The summed E-state index contributed by atoms with van der Waals surface area (Å²) in [5.74, 6) is 1.78. The van der Waals surface area contributed by atoms with Crippen molar-refractivity contribution in [1.29, 1.82) is 0 Å². The molecule has 1 atom stereocenters. The number of rotatable bonds is 7. The van der Waals surface area contributed by atoms with Crippen molar-refractivity contribution in [3.8, 4) is 0 Å². The molecule has 1 aliphatic heterocycles. The maximum Gasteiger partial charge on any atom is 0.129 e. The standard InChI is InChI=1S/C16H27N3O/c1-4-15-8-14(10-17-5-2)9-16(18-15)19-7-6-13(11-19)12-20-3/h8-9,13,17H,4-7,10-12H2,1-3H3. The fourth-order valence-corrected chi connectivity index (χ4v) is 2.76. The second-order valence-corrected chi connectivity index (χ2v) is 5.51. The van der Waals surface area contributed by atoms with Gasteiger partial charge in [0, 0.05) is 38.4 Å². The number of nitrogens with zero attached hydrogens (tertiary/aromatic N) is 2. The lowest BCUT2D eigenvalue weighted by atomic mass is 10.1. The van der Waals surface area contributed by atoms with Crippen LogP contribution in [0, 0.1) is 5.92 Å². The highest BCUT2D eigenvalue weighted by Gasteiger charge is 2.23. The monoisotopic (exact) mass is 277 g/mol. The van der Waals surface area contributed by atoms with Crippen LogP contribution in [0.3, 0.4) is 0 Å². The summed E-state index contributed by atoms with van der Waals surface area (Å²) in [6.07, 6.45) is 2.19. The number of aromatic nitrogens is 1. The molecule has 0 bridgehead atoms. The molecule has 2 heterocycles. The van der Waals surface area contributed by atoms with Crippen molar-refractivity contribution in [1.82, 2.24) is 10.3 Å². The molecule has 0 spiro atoms. The van der Waals surface area contributed by atoms with Crippen LogP contribution in [0.4, 0.5) is 5.82 Å². The van der Waals surface area contributed by atoms with Crippen LogP contribution in [-0.2, 0) is 17.7 Å². The molecule has 0 aliphatic carbocycles. The zero-order valence-electron chi connectivity index (χ0n) is 13.0. The fraction of sp³-hybridized carbons (Fsp3) is 0.688. The van der Waals surface area contributed by atoms with E-state index in [1.54, 1.807) is 7.11 Å². The minimum absolute atomic E-state index is 0.643. The Morgan fingerprint density at radius 3 is 2.95 bits per heavy atom. The lowest BCUT2D eigenvalue weighted by Gasteiger charge is -2.19. The zero-order chi connectivity index (χ0) is 14.4. The predicted molar refractivity (Wildman–Crippen MR) is 83.2 cm³/mol. The molecule has 1 aromatic rings. The van der Waals surface area contributed by atoms with Crippen LogP contribution in [0.15, 0.2) is 12.1 Å². The Morgan fingerprint density at radius 2 is 2.25 bits per heavy atom. The van der Waals surface area contributed by atoms with E-state index >= 15 is 0 Å². The maximum absolute atomic E-state index is 5.27. The molecule has 1 saturated heterocycles. The van der Waals surface area contributed by atoms with Crippen LogP contribution in [0.5, 0.6) is 0 Å². The molecule has 1 fully saturated rings. The van der Waals surface area contributed by atoms with E-state index in [9.17, 15) is 0 Å². The van der Waals surface area contributed by atoms with Crippen LogP contribution < -0.4 is 10.2 Å². The van der Waals surface area contributed by atoms with Gasteiger partial charge in [0.2, 0.25) is 0 Å². The quantitative estimate of drug-likeness (QED) is 0.829. The summed E-state index contributed by atoms with van der Waals surface area (Å²) in [4.78, 5) is 7.19. The SMILES string of the molecule is CCNCc1cc(CC)nc(N2CCC(COC)C2)c1. The van der Waals surface area contributed by atoms with E-state index < -0.39 is 0 Å². The highest BCUT2D eigenvalue weighted by molar-refractivity contribution is 5.44. The van der Waals surface area contributed by atoms with Crippen molar-refractivity contribution >= 4 is 5.82 Å². The van der Waals surface area contributed by atoms with Crippen molar-refractivity contribution in [2.75, 3.05) is 38.3 Å². The van der Waals surface area contributed by atoms with Crippen LogP contribution in [0.1, 0.15) is 31.5 Å². The summed E-state index contributed by atoms with van der Waals surface area (Å²) in [6, 6.07) is 4.45. The molecule has 0 saturated carbocycles. The van der Waals surface area contributed by atoms with Crippen molar-refractivity contribution < 1.29 is 4.74 Å². The predicted octanol–water partition coefficient (Wildman–Crippen LogP) is 2.23. The minimum atomic E-state index is 0.643. The van der Waals surface area contributed by atoms with Gasteiger partial charge in [0.05, 0.1) is 6.61 Å². The van der Waals surface area contributed by atoms with Gasteiger partial charge in [-0.2, -0.15) is 0 Å². The van der Waals surface area contributed by atoms with E-state index in [4.69, 9.17) is 9.72 Å². The molecule has 4 heteroatoms. The van der Waals surface area contributed by atoms with Crippen molar-refractivity contribution in [2.24, 2.45) is 5.92 Å². The average molecular weight is 277 g/mol. The second-order valence-electron chi connectivity index (χ2n) is 5.51. The number of hydrogen-bond donors (Lipinski definition) is 1. The van der Waals surface area contributed by atoms with E-state index in [1.165, 1.54) is 17.7 Å². The van der Waals surface area contributed by atoms with Gasteiger partial charge in [0.15, 0.2) is 0 Å². The van der Waals surface area contributed by atoms with Gasteiger partial charge in [-0.1, -0.05) is 13.8 Å². The number of anilines is 1. The molecule has 1 unspecified atom stereocenters. The lowest BCUT2D eigenvalue weighted by molar-refractivity contribution is 0.161. The largest absolute Gasteiger partial charge is 0.384 e. The lowest BCUT2D eigenvalue weighted by Crippen LogP contribution is -2.23. The molecule has 1 aliphatic rings. The third kappa shape index (κ3) is 3.93. The van der Waals surface area contributed by atoms with Gasteiger partial charge in [-0.05, 0) is 37.1 Å². The minimum Gasteiger partial charge on any atom is -0.384 e. The fourth-order valence-electron chi connectivity index (χ4n) is 2.76. The van der Waals surface area contributed by atoms with E-state index in [2.05, 4.69) is 36.2 Å².